The van der Waals surface area contributed by atoms with Gasteiger partial charge in [0.1, 0.15) is 12.3 Å². The average molecular weight is 521 g/mol. The summed E-state index contributed by atoms with van der Waals surface area (Å²) in [4.78, 5) is 32.9. The van der Waals surface area contributed by atoms with E-state index in [1.807, 2.05) is 65.6 Å². The van der Waals surface area contributed by atoms with Gasteiger partial charge in [0.15, 0.2) is 0 Å². The van der Waals surface area contributed by atoms with E-state index in [9.17, 15) is 9.59 Å². The Labute approximate surface area is 225 Å². The molecule has 190 valence electrons. The highest BCUT2D eigenvalue weighted by molar-refractivity contribution is 7.10. The first-order valence-electron chi connectivity index (χ1n) is 12.8. The van der Waals surface area contributed by atoms with E-state index >= 15 is 0 Å². The first-order chi connectivity index (χ1) is 18.6. The molecular formula is C32H28N2O3S. The smallest absolute Gasteiger partial charge is 0.255 e. The molecule has 1 aliphatic rings. The van der Waals surface area contributed by atoms with Crippen LogP contribution in [0.15, 0.2) is 101 Å². The molecule has 6 heteroatoms. The van der Waals surface area contributed by atoms with Crippen LogP contribution in [0.2, 0.25) is 0 Å². The number of nitrogens with zero attached hydrogens (tertiary/aromatic N) is 2. The zero-order valence-electron chi connectivity index (χ0n) is 21.2. The van der Waals surface area contributed by atoms with Crippen LogP contribution in [-0.4, -0.2) is 34.7 Å². The Morgan fingerprint density at radius 2 is 1.76 bits per heavy atom. The molecule has 5 nitrogen and oxygen atoms in total. The molecule has 1 aliphatic heterocycles. The van der Waals surface area contributed by atoms with Crippen molar-refractivity contribution in [3.05, 3.63) is 129 Å². The lowest BCUT2D eigenvalue weighted by atomic mass is 9.90. The molecule has 2 aromatic heterocycles. The van der Waals surface area contributed by atoms with Crippen molar-refractivity contribution in [3.63, 3.8) is 0 Å². The maximum Gasteiger partial charge on any atom is 0.255 e. The van der Waals surface area contributed by atoms with Crippen LogP contribution < -0.4 is 0 Å². The average Bonchev–Trinajstić information content (AvgIpc) is 3.64. The topological polar surface area (TPSA) is 53.8 Å². The minimum Gasteiger partial charge on any atom is -0.467 e. The first-order valence-corrected chi connectivity index (χ1v) is 13.7. The van der Waals surface area contributed by atoms with Gasteiger partial charge in [0, 0.05) is 17.0 Å². The summed E-state index contributed by atoms with van der Waals surface area (Å²) in [6.07, 6.45) is 2.41. The van der Waals surface area contributed by atoms with Crippen LogP contribution in [0, 0.1) is 6.92 Å². The predicted octanol–water partition coefficient (Wildman–Crippen LogP) is 6.62. The molecule has 2 amide bonds. The van der Waals surface area contributed by atoms with E-state index in [4.69, 9.17) is 4.42 Å². The zero-order chi connectivity index (χ0) is 26.1. The lowest BCUT2D eigenvalue weighted by Gasteiger charge is -2.38. The Kier molecular flexibility index (Phi) is 6.56. The molecule has 3 aromatic carbocycles. The summed E-state index contributed by atoms with van der Waals surface area (Å²) < 4.78 is 5.59. The van der Waals surface area contributed by atoms with Gasteiger partial charge in [-0.3, -0.25) is 9.59 Å². The van der Waals surface area contributed by atoms with Gasteiger partial charge in [0.05, 0.1) is 18.8 Å². The number of furan rings is 1. The van der Waals surface area contributed by atoms with Crippen molar-refractivity contribution < 1.29 is 14.0 Å². The van der Waals surface area contributed by atoms with Gasteiger partial charge in [-0.2, -0.15) is 0 Å². The van der Waals surface area contributed by atoms with Gasteiger partial charge in [0.2, 0.25) is 5.91 Å². The van der Waals surface area contributed by atoms with Crippen molar-refractivity contribution in [2.75, 3.05) is 13.1 Å². The number of carbonyl (C=O) groups excluding carboxylic acids is 2. The number of benzene rings is 3. The molecule has 6 rings (SSSR count). The number of aryl methyl sites for hydroxylation is 1. The Hall–Kier alpha value is -4.16. The van der Waals surface area contributed by atoms with Crippen molar-refractivity contribution in [3.8, 4) is 0 Å². The van der Waals surface area contributed by atoms with Gasteiger partial charge in [-0.05, 0) is 70.5 Å². The van der Waals surface area contributed by atoms with E-state index in [1.54, 1.807) is 28.6 Å². The van der Waals surface area contributed by atoms with Gasteiger partial charge in [-0.15, -0.1) is 11.3 Å². The monoisotopic (exact) mass is 520 g/mol. The van der Waals surface area contributed by atoms with E-state index in [-0.39, 0.29) is 30.9 Å². The van der Waals surface area contributed by atoms with E-state index in [0.29, 0.717) is 17.9 Å². The Morgan fingerprint density at radius 1 is 0.947 bits per heavy atom. The van der Waals surface area contributed by atoms with Crippen LogP contribution in [0.5, 0.6) is 0 Å². The Bertz CT molecular complexity index is 1600. The predicted molar refractivity (Wildman–Crippen MR) is 150 cm³/mol. The molecule has 5 aromatic rings. The molecule has 1 atom stereocenters. The summed E-state index contributed by atoms with van der Waals surface area (Å²) in [7, 11) is 0. The van der Waals surface area contributed by atoms with Crippen LogP contribution in [0.4, 0.5) is 0 Å². The third-order valence-electron chi connectivity index (χ3n) is 7.33. The molecular weight excluding hydrogens is 492 g/mol. The molecule has 38 heavy (non-hydrogen) atoms. The number of rotatable bonds is 6. The van der Waals surface area contributed by atoms with E-state index in [2.05, 4.69) is 30.5 Å². The van der Waals surface area contributed by atoms with Crippen molar-refractivity contribution in [2.24, 2.45) is 0 Å². The Balaban J connectivity index is 1.35. The van der Waals surface area contributed by atoms with Crippen molar-refractivity contribution in [1.29, 1.82) is 0 Å². The number of thiophene rings is 1. The minimum atomic E-state index is -0.188. The minimum absolute atomic E-state index is 0.0371. The van der Waals surface area contributed by atoms with Gasteiger partial charge < -0.3 is 14.2 Å². The third-order valence-corrected chi connectivity index (χ3v) is 8.33. The second kappa shape index (κ2) is 10.3. The van der Waals surface area contributed by atoms with Gasteiger partial charge in [-0.25, -0.2) is 0 Å². The fourth-order valence-electron chi connectivity index (χ4n) is 5.44. The van der Waals surface area contributed by atoms with Crippen LogP contribution in [0.25, 0.3) is 10.8 Å². The molecule has 0 unspecified atom stereocenters. The van der Waals surface area contributed by atoms with Crippen LogP contribution in [0.3, 0.4) is 0 Å². The summed E-state index contributed by atoms with van der Waals surface area (Å²) in [5, 5.41) is 3.97. The van der Waals surface area contributed by atoms with Crippen molar-refractivity contribution in [2.45, 2.75) is 25.9 Å². The maximum absolute atomic E-state index is 14.1. The maximum atomic E-state index is 14.1. The Morgan fingerprint density at radius 3 is 2.61 bits per heavy atom. The fraction of sp³-hybridized carbons (Fsp3) is 0.188. The summed E-state index contributed by atoms with van der Waals surface area (Å²) >= 11 is 1.75. The van der Waals surface area contributed by atoms with Crippen LogP contribution in [0.1, 0.15) is 43.7 Å². The molecule has 3 heterocycles. The SMILES string of the molecule is Cc1ccccc1[C@@H]1c2ccsc2CCN1C(=O)CN(Cc1ccco1)C(=O)c1cccc2ccccc12. The number of carbonyl (C=O) groups is 2. The molecule has 0 fully saturated rings. The van der Waals surface area contributed by atoms with Crippen molar-refractivity contribution >= 4 is 33.9 Å². The second-order valence-corrected chi connectivity index (χ2v) is 10.7. The first kappa shape index (κ1) is 24.2. The van der Waals surface area contributed by atoms with E-state index in [1.165, 1.54) is 10.4 Å². The number of hydrogen-bond donors (Lipinski definition) is 0. The molecule has 0 radical (unpaired) electrons. The molecule has 0 bridgehead atoms. The lowest BCUT2D eigenvalue weighted by molar-refractivity contribution is -0.134. The van der Waals surface area contributed by atoms with Gasteiger partial charge >= 0.3 is 0 Å². The number of hydrogen-bond acceptors (Lipinski definition) is 4. The van der Waals surface area contributed by atoms with Crippen molar-refractivity contribution in [1.82, 2.24) is 9.80 Å². The molecule has 0 spiro atoms. The lowest BCUT2D eigenvalue weighted by Crippen LogP contribution is -2.46. The molecule has 0 saturated heterocycles. The highest BCUT2D eigenvalue weighted by Gasteiger charge is 2.35. The standard InChI is InChI=1S/C32H28N2O3S/c1-22-8-2-4-12-25(22)31-28-16-19-38-29(28)15-17-34(31)30(35)21-33(20-24-11-7-18-37-24)32(36)27-14-6-10-23-9-3-5-13-26(23)27/h2-14,16,18-19,31H,15,17,20-21H2,1H3/t31-/m1/s1. The van der Waals surface area contributed by atoms with Crippen LogP contribution >= 0.6 is 11.3 Å². The van der Waals surface area contributed by atoms with Gasteiger partial charge in [0.25, 0.3) is 5.91 Å². The third kappa shape index (κ3) is 4.52. The highest BCUT2D eigenvalue weighted by atomic mass is 32.1. The van der Waals surface area contributed by atoms with Crippen LogP contribution in [-0.2, 0) is 17.8 Å². The number of amides is 2. The highest BCUT2D eigenvalue weighted by Crippen LogP contribution is 2.39. The fourth-order valence-corrected chi connectivity index (χ4v) is 6.34. The summed E-state index contributed by atoms with van der Waals surface area (Å²) in [5.74, 6) is 0.378. The zero-order valence-corrected chi connectivity index (χ0v) is 22.0. The largest absolute Gasteiger partial charge is 0.467 e. The molecule has 0 N–H and O–H groups in total. The summed E-state index contributed by atoms with van der Waals surface area (Å²) in [6, 6.07) is 27.4. The summed E-state index contributed by atoms with van der Waals surface area (Å²) in [6.45, 7) is 2.88. The van der Waals surface area contributed by atoms with E-state index < -0.39 is 0 Å². The molecule has 0 aliphatic carbocycles. The van der Waals surface area contributed by atoms with Gasteiger partial charge in [-0.1, -0.05) is 60.7 Å². The van der Waals surface area contributed by atoms with E-state index in [0.717, 1.165) is 28.3 Å². The second-order valence-electron chi connectivity index (χ2n) is 9.66. The summed E-state index contributed by atoms with van der Waals surface area (Å²) in [5.41, 5.74) is 4.03. The normalized spacial score (nSPS) is 14.9. The molecule has 0 saturated carbocycles. The quantitative estimate of drug-likeness (QED) is 0.253. The number of fused-ring (bicyclic) bond motifs is 2.